The molecule has 4 fully saturated rings. The molecule has 4 rings (SSSR count). The molecule has 3 unspecified atom stereocenters. The smallest absolute Gasteiger partial charge is 0.312 e. The van der Waals surface area contributed by atoms with Gasteiger partial charge in [0.05, 0.1) is 24.5 Å². The van der Waals surface area contributed by atoms with Crippen LogP contribution in [0.4, 0.5) is 0 Å². The molecule has 0 aromatic heterocycles. The van der Waals surface area contributed by atoms with Gasteiger partial charge in [-0.3, -0.25) is 14.4 Å². The number of carbonyl (C=O) groups excluding carboxylic acids is 3. The summed E-state index contributed by atoms with van der Waals surface area (Å²) in [5.74, 6) is -2.11. The second kappa shape index (κ2) is 10.6. The molecule has 2 N–H and O–H groups in total. The average molecular weight is 529 g/mol. The van der Waals surface area contributed by atoms with Gasteiger partial charge in [0.25, 0.3) is 0 Å². The third-order valence-corrected chi connectivity index (χ3v) is 8.70. The molecule has 6 atom stereocenters. The Hall–Kier alpha value is -1.19. The number of likely N-dealkylation sites (tertiary alicyclic amines) is 1. The number of nitrogens with zero attached hydrogens (tertiary/aromatic N) is 1. The summed E-state index contributed by atoms with van der Waals surface area (Å²) < 4.78 is 11.8. The Morgan fingerprint density at radius 2 is 1.94 bits per heavy atom. The van der Waals surface area contributed by atoms with Gasteiger partial charge in [0.2, 0.25) is 11.8 Å². The van der Waals surface area contributed by atoms with Crippen LogP contribution in [0.1, 0.15) is 71.1 Å². The zero-order chi connectivity index (χ0) is 23.6. The fraction of sp³-hybridized carbons (Fsp3) is 0.875. The number of alkyl halides is 1. The van der Waals surface area contributed by atoms with Gasteiger partial charge in [0, 0.05) is 24.0 Å². The third kappa shape index (κ3) is 4.57. The van der Waals surface area contributed by atoms with Gasteiger partial charge in [0.15, 0.2) is 0 Å². The number of nitrogens with one attached hydrogen (secondary N) is 1. The van der Waals surface area contributed by atoms with Crippen LogP contribution in [-0.2, 0) is 23.9 Å². The van der Waals surface area contributed by atoms with Crippen molar-refractivity contribution in [3.05, 3.63) is 0 Å². The van der Waals surface area contributed by atoms with Crippen molar-refractivity contribution in [3.63, 3.8) is 0 Å². The number of hydrogen-bond donors (Lipinski definition) is 2. The Morgan fingerprint density at radius 3 is 2.64 bits per heavy atom. The maximum absolute atomic E-state index is 13.7. The molecule has 1 aliphatic carbocycles. The van der Waals surface area contributed by atoms with E-state index in [-0.39, 0.29) is 35.9 Å². The minimum absolute atomic E-state index is 0.106. The monoisotopic (exact) mass is 528 g/mol. The first-order valence-corrected chi connectivity index (χ1v) is 13.6. The van der Waals surface area contributed by atoms with Gasteiger partial charge in [-0.15, -0.1) is 0 Å². The van der Waals surface area contributed by atoms with Crippen LogP contribution in [0.2, 0.25) is 0 Å². The van der Waals surface area contributed by atoms with Crippen molar-refractivity contribution < 1.29 is 29.0 Å². The van der Waals surface area contributed by atoms with E-state index in [9.17, 15) is 14.4 Å². The van der Waals surface area contributed by atoms with Crippen LogP contribution in [-0.4, -0.2) is 76.2 Å². The first-order chi connectivity index (χ1) is 15.9. The molecular weight excluding hydrogens is 492 g/mol. The molecule has 186 valence electrons. The van der Waals surface area contributed by atoms with E-state index >= 15 is 0 Å². The van der Waals surface area contributed by atoms with Crippen molar-refractivity contribution in [2.45, 2.75) is 99.7 Å². The highest BCUT2D eigenvalue weighted by atomic mass is 79.9. The van der Waals surface area contributed by atoms with Crippen LogP contribution < -0.4 is 5.32 Å². The number of hydrogen-bond acceptors (Lipinski definition) is 6. The van der Waals surface area contributed by atoms with Gasteiger partial charge in [-0.1, -0.05) is 48.0 Å². The molecule has 1 spiro atoms. The molecular formula is C24H37BrN2O6. The summed E-state index contributed by atoms with van der Waals surface area (Å²) in [7, 11) is 0. The lowest BCUT2D eigenvalue weighted by atomic mass is 9.70. The first-order valence-electron chi connectivity index (χ1n) is 12.6. The quantitative estimate of drug-likeness (QED) is 0.256. The standard InChI is InChI=1S/C24H37BrN2O6/c1-2-32-23(31)17-18-22(30)27(12-8-3-4-9-13-28)20(24(18)14-16(25)19(17)33-24)21(29)26-15-10-6-5-7-11-15/h15-20,28H,2-14H2,1H3,(H,26,29)/t16?,17-,18+,19-,20?,24?/m1/s1. The van der Waals surface area contributed by atoms with Crippen molar-refractivity contribution in [2.24, 2.45) is 11.8 Å². The lowest BCUT2D eigenvalue weighted by Crippen LogP contribution is -2.57. The zero-order valence-corrected chi connectivity index (χ0v) is 21.1. The fourth-order valence-electron chi connectivity index (χ4n) is 6.45. The molecule has 0 radical (unpaired) electrons. The number of unbranched alkanes of at least 4 members (excludes halogenated alkanes) is 3. The molecule has 0 aromatic rings. The van der Waals surface area contributed by atoms with Crippen molar-refractivity contribution in [1.82, 2.24) is 10.2 Å². The lowest BCUT2D eigenvalue weighted by molar-refractivity contribution is -0.154. The Labute approximate surface area is 204 Å². The van der Waals surface area contributed by atoms with Gasteiger partial charge >= 0.3 is 5.97 Å². The third-order valence-electron chi connectivity index (χ3n) is 7.85. The van der Waals surface area contributed by atoms with E-state index in [4.69, 9.17) is 14.6 Å². The molecule has 0 aromatic carbocycles. The summed E-state index contributed by atoms with van der Waals surface area (Å²) in [4.78, 5) is 41.9. The highest BCUT2D eigenvalue weighted by Gasteiger charge is 2.76. The molecule has 3 heterocycles. The SMILES string of the molecule is CCOC(=O)[C@H]1[C@@H]2OC3(CC2Br)C(C(=O)NC2CCCCC2)N(CCCCCCO)C(=O)[C@H]13. The van der Waals surface area contributed by atoms with E-state index in [1.54, 1.807) is 11.8 Å². The van der Waals surface area contributed by atoms with E-state index in [0.29, 0.717) is 13.0 Å². The highest BCUT2D eigenvalue weighted by Crippen LogP contribution is 2.60. The number of esters is 1. The van der Waals surface area contributed by atoms with Gasteiger partial charge in [-0.25, -0.2) is 0 Å². The maximum Gasteiger partial charge on any atom is 0.312 e. The lowest BCUT2D eigenvalue weighted by Gasteiger charge is -2.35. The number of halogens is 1. The predicted molar refractivity (Wildman–Crippen MR) is 125 cm³/mol. The van der Waals surface area contributed by atoms with Crippen molar-refractivity contribution in [2.75, 3.05) is 19.8 Å². The Kier molecular flexibility index (Phi) is 8.01. The molecule has 9 heteroatoms. The summed E-state index contributed by atoms with van der Waals surface area (Å²) in [6.07, 6.45) is 8.58. The zero-order valence-electron chi connectivity index (χ0n) is 19.5. The van der Waals surface area contributed by atoms with Gasteiger partial charge in [-0.05, 0) is 39.0 Å². The summed E-state index contributed by atoms with van der Waals surface area (Å²) >= 11 is 3.66. The number of aliphatic hydroxyl groups excluding tert-OH is 1. The van der Waals surface area contributed by atoms with Crippen molar-refractivity contribution in [3.8, 4) is 0 Å². The summed E-state index contributed by atoms with van der Waals surface area (Å²) in [5.41, 5.74) is -1.00. The molecule has 2 bridgehead atoms. The molecule has 3 saturated heterocycles. The number of carbonyl (C=O) groups is 3. The van der Waals surface area contributed by atoms with Crippen LogP contribution in [0.3, 0.4) is 0 Å². The Bertz CT molecular complexity index is 744. The minimum atomic E-state index is -1.00. The topological polar surface area (TPSA) is 105 Å². The van der Waals surface area contributed by atoms with E-state index in [1.807, 2.05) is 0 Å². The number of aliphatic hydroxyl groups is 1. The van der Waals surface area contributed by atoms with Crippen LogP contribution in [0.25, 0.3) is 0 Å². The normalized spacial score (nSPS) is 35.7. The van der Waals surface area contributed by atoms with Crippen LogP contribution in [0, 0.1) is 11.8 Å². The second-order valence-electron chi connectivity index (χ2n) is 9.93. The van der Waals surface area contributed by atoms with Gasteiger partial charge in [-0.2, -0.15) is 0 Å². The average Bonchev–Trinajstić information content (AvgIpc) is 3.38. The molecule has 8 nitrogen and oxygen atoms in total. The van der Waals surface area contributed by atoms with E-state index in [1.165, 1.54) is 6.42 Å². The van der Waals surface area contributed by atoms with Gasteiger partial charge in [0.1, 0.15) is 11.6 Å². The number of amides is 2. The Balaban J connectivity index is 1.59. The molecule has 4 aliphatic rings. The van der Waals surface area contributed by atoms with E-state index < -0.39 is 35.6 Å². The Morgan fingerprint density at radius 1 is 1.21 bits per heavy atom. The number of fused-ring (bicyclic) bond motifs is 1. The first kappa shape index (κ1) is 24.9. The molecule has 3 aliphatic heterocycles. The maximum atomic E-state index is 13.7. The molecule has 2 amide bonds. The van der Waals surface area contributed by atoms with Crippen molar-refractivity contribution >= 4 is 33.7 Å². The summed E-state index contributed by atoms with van der Waals surface area (Å²) in [6, 6.07) is -0.610. The van der Waals surface area contributed by atoms with Gasteiger partial charge < -0.3 is 24.8 Å². The van der Waals surface area contributed by atoms with E-state index in [2.05, 4.69) is 21.2 Å². The van der Waals surface area contributed by atoms with Crippen molar-refractivity contribution in [1.29, 1.82) is 0 Å². The second-order valence-corrected chi connectivity index (χ2v) is 11.1. The fourth-order valence-corrected chi connectivity index (χ4v) is 7.40. The van der Waals surface area contributed by atoms with E-state index in [0.717, 1.165) is 51.4 Å². The van der Waals surface area contributed by atoms with Crippen LogP contribution in [0.15, 0.2) is 0 Å². The van der Waals surface area contributed by atoms with Crippen LogP contribution in [0.5, 0.6) is 0 Å². The number of rotatable bonds is 10. The molecule has 1 saturated carbocycles. The highest BCUT2D eigenvalue weighted by molar-refractivity contribution is 9.09. The number of ether oxygens (including phenoxy) is 2. The summed E-state index contributed by atoms with van der Waals surface area (Å²) in [6.45, 7) is 2.59. The minimum Gasteiger partial charge on any atom is -0.466 e. The predicted octanol–water partition coefficient (Wildman–Crippen LogP) is 2.30. The summed E-state index contributed by atoms with van der Waals surface area (Å²) in [5, 5.41) is 12.3. The largest absolute Gasteiger partial charge is 0.466 e. The van der Waals surface area contributed by atoms with Crippen LogP contribution >= 0.6 is 15.9 Å². The molecule has 33 heavy (non-hydrogen) atoms.